The van der Waals surface area contributed by atoms with E-state index in [-0.39, 0.29) is 12.6 Å². The van der Waals surface area contributed by atoms with E-state index in [9.17, 15) is 4.39 Å². The van der Waals surface area contributed by atoms with Gasteiger partial charge in [0.05, 0.1) is 6.67 Å². The number of benzene rings is 2. The summed E-state index contributed by atoms with van der Waals surface area (Å²) in [4.78, 5) is 6.77. The van der Waals surface area contributed by atoms with Gasteiger partial charge in [0.15, 0.2) is 0 Å². The van der Waals surface area contributed by atoms with Gasteiger partial charge in [0.2, 0.25) is 0 Å². The van der Waals surface area contributed by atoms with Crippen LogP contribution < -0.4 is 0 Å². The molecule has 2 N–H and O–H groups in total. The number of fused-ring (bicyclic) bond motifs is 2. The van der Waals surface area contributed by atoms with Crippen LogP contribution in [0.15, 0.2) is 60.9 Å². The lowest BCUT2D eigenvalue weighted by atomic mass is 9.86. The molecule has 3 heteroatoms. The first kappa shape index (κ1) is 15.0. The van der Waals surface area contributed by atoms with Crippen molar-refractivity contribution < 1.29 is 4.39 Å². The summed E-state index contributed by atoms with van der Waals surface area (Å²) < 4.78 is 12.6. The molecule has 2 aromatic heterocycles. The van der Waals surface area contributed by atoms with Crippen LogP contribution >= 0.6 is 0 Å². The Kier molecular flexibility index (Phi) is 4.08. The van der Waals surface area contributed by atoms with Crippen LogP contribution in [0, 0.1) is 0 Å². The molecule has 122 valence electrons. The normalized spacial score (nSPS) is 11.8. The quantitative estimate of drug-likeness (QED) is 0.413. The van der Waals surface area contributed by atoms with Gasteiger partial charge in [-0.25, -0.2) is 0 Å². The van der Waals surface area contributed by atoms with Crippen molar-refractivity contribution in [2.75, 3.05) is 6.67 Å². The minimum atomic E-state index is -0.242. The molecule has 0 fully saturated rings. The second-order valence-corrected chi connectivity index (χ2v) is 6.32. The number of hydrogen-bond acceptors (Lipinski definition) is 0. The van der Waals surface area contributed by atoms with Crippen LogP contribution in [0.25, 0.3) is 21.8 Å². The van der Waals surface area contributed by atoms with Crippen LogP contribution in [0.4, 0.5) is 4.39 Å². The molecule has 4 rings (SSSR count). The van der Waals surface area contributed by atoms with Crippen LogP contribution in [-0.2, 0) is 0 Å². The van der Waals surface area contributed by atoms with Crippen LogP contribution in [0.3, 0.4) is 0 Å². The number of rotatable bonds is 6. The topological polar surface area (TPSA) is 31.6 Å². The predicted octanol–water partition coefficient (Wildman–Crippen LogP) is 5.92. The second kappa shape index (κ2) is 6.52. The second-order valence-electron chi connectivity index (χ2n) is 6.32. The lowest BCUT2D eigenvalue weighted by Gasteiger charge is -2.16. The Bertz CT molecular complexity index is 876. The zero-order valence-electron chi connectivity index (χ0n) is 13.6. The Labute approximate surface area is 140 Å². The molecule has 2 heterocycles. The Balaban J connectivity index is 1.82. The molecule has 0 aliphatic carbocycles. The SMILES string of the molecule is FCCCCC(c1c[nH]c2ccccc12)c1c[nH]c2ccccc12. The lowest BCUT2D eigenvalue weighted by Crippen LogP contribution is -2.00. The monoisotopic (exact) mass is 320 g/mol. The fourth-order valence-corrected chi connectivity index (χ4v) is 3.69. The van der Waals surface area contributed by atoms with Gasteiger partial charge in [-0.1, -0.05) is 36.4 Å². The third kappa shape index (κ3) is 2.60. The van der Waals surface area contributed by atoms with E-state index in [1.165, 1.54) is 21.9 Å². The number of H-pyrrole nitrogens is 2. The summed E-state index contributed by atoms with van der Waals surface area (Å²) >= 11 is 0. The molecule has 0 aliphatic heterocycles. The van der Waals surface area contributed by atoms with Gasteiger partial charge in [0.1, 0.15) is 0 Å². The Hall–Kier alpha value is -2.55. The molecule has 2 nitrogen and oxygen atoms in total. The number of hydrogen-bond donors (Lipinski definition) is 2. The van der Waals surface area contributed by atoms with Crippen LogP contribution in [0.5, 0.6) is 0 Å². The first-order valence-corrected chi connectivity index (χ1v) is 8.56. The number of para-hydroxylation sites is 2. The number of aromatic nitrogens is 2. The van der Waals surface area contributed by atoms with Crippen LogP contribution in [0.1, 0.15) is 36.3 Å². The van der Waals surface area contributed by atoms with E-state index >= 15 is 0 Å². The molecule has 0 unspecified atom stereocenters. The van der Waals surface area contributed by atoms with E-state index in [0.717, 1.165) is 23.9 Å². The number of nitrogens with one attached hydrogen (secondary N) is 2. The van der Waals surface area contributed by atoms with Gasteiger partial charge in [-0.15, -0.1) is 0 Å². The van der Waals surface area contributed by atoms with Crippen molar-refractivity contribution in [3.63, 3.8) is 0 Å². The standard InChI is InChI=1S/C21H21FN2/c22-12-6-5-7-15(18-13-23-20-10-3-1-8-16(18)20)19-14-24-21-11-4-2-9-17(19)21/h1-4,8-11,13-15,23-24H,5-7,12H2. The maximum absolute atomic E-state index is 12.6. The molecule has 0 amide bonds. The number of alkyl halides is 1. The van der Waals surface area contributed by atoms with Crippen molar-refractivity contribution in [2.45, 2.75) is 25.2 Å². The van der Waals surface area contributed by atoms with Crippen LogP contribution in [0.2, 0.25) is 0 Å². The Morgan fingerprint density at radius 1 is 0.750 bits per heavy atom. The van der Waals surface area contributed by atoms with Gasteiger partial charge < -0.3 is 9.97 Å². The van der Waals surface area contributed by atoms with Gasteiger partial charge in [-0.3, -0.25) is 4.39 Å². The minimum Gasteiger partial charge on any atom is -0.361 e. The largest absolute Gasteiger partial charge is 0.361 e. The summed E-state index contributed by atoms with van der Waals surface area (Å²) in [6.07, 6.45) is 6.70. The molecule has 0 aliphatic rings. The van der Waals surface area contributed by atoms with E-state index in [0.29, 0.717) is 6.42 Å². The molecular weight excluding hydrogens is 299 g/mol. The fourth-order valence-electron chi connectivity index (χ4n) is 3.69. The van der Waals surface area contributed by atoms with Gasteiger partial charge in [-0.05, 0) is 42.5 Å². The smallest absolute Gasteiger partial charge is 0.0894 e. The van der Waals surface area contributed by atoms with E-state index in [1.807, 2.05) is 12.1 Å². The van der Waals surface area contributed by atoms with Crippen molar-refractivity contribution >= 4 is 21.8 Å². The molecule has 24 heavy (non-hydrogen) atoms. The fraction of sp³-hybridized carbons (Fsp3) is 0.238. The van der Waals surface area contributed by atoms with E-state index in [4.69, 9.17) is 0 Å². The van der Waals surface area contributed by atoms with Crippen LogP contribution in [-0.4, -0.2) is 16.6 Å². The van der Waals surface area contributed by atoms with Crippen molar-refractivity contribution in [3.05, 3.63) is 72.1 Å². The van der Waals surface area contributed by atoms with Crippen molar-refractivity contribution in [3.8, 4) is 0 Å². The van der Waals surface area contributed by atoms with Gasteiger partial charge in [0.25, 0.3) is 0 Å². The highest BCUT2D eigenvalue weighted by molar-refractivity contribution is 5.88. The number of halogens is 1. The molecular formula is C21H21FN2. The zero-order chi connectivity index (χ0) is 16.4. The molecule has 2 aromatic carbocycles. The molecule has 0 spiro atoms. The van der Waals surface area contributed by atoms with Gasteiger partial charge in [0, 0.05) is 40.1 Å². The van der Waals surface area contributed by atoms with Gasteiger partial charge >= 0.3 is 0 Å². The van der Waals surface area contributed by atoms with Crippen molar-refractivity contribution in [1.82, 2.24) is 9.97 Å². The molecule has 0 radical (unpaired) electrons. The summed E-state index contributed by atoms with van der Waals surface area (Å²) in [5.74, 6) is 0.267. The summed E-state index contributed by atoms with van der Waals surface area (Å²) in [6.45, 7) is -0.242. The third-order valence-corrected chi connectivity index (χ3v) is 4.87. The minimum absolute atomic E-state index is 0.242. The summed E-state index contributed by atoms with van der Waals surface area (Å²) in [5, 5.41) is 2.51. The van der Waals surface area contributed by atoms with E-state index < -0.39 is 0 Å². The number of unbranched alkanes of at least 4 members (excludes halogenated alkanes) is 1. The molecule has 0 atom stereocenters. The lowest BCUT2D eigenvalue weighted by molar-refractivity contribution is 0.451. The van der Waals surface area contributed by atoms with Crippen molar-refractivity contribution in [2.24, 2.45) is 0 Å². The molecule has 0 saturated carbocycles. The molecule has 0 saturated heterocycles. The Morgan fingerprint density at radius 2 is 1.29 bits per heavy atom. The predicted molar refractivity (Wildman–Crippen MR) is 98.3 cm³/mol. The highest BCUT2D eigenvalue weighted by atomic mass is 19.1. The first-order chi connectivity index (χ1) is 11.9. The summed E-state index contributed by atoms with van der Waals surface area (Å²) in [6, 6.07) is 16.8. The maximum Gasteiger partial charge on any atom is 0.0894 e. The highest BCUT2D eigenvalue weighted by Gasteiger charge is 2.20. The molecule has 0 bridgehead atoms. The summed E-state index contributed by atoms with van der Waals surface area (Å²) in [5.41, 5.74) is 4.91. The van der Waals surface area contributed by atoms with Gasteiger partial charge in [-0.2, -0.15) is 0 Å². The Morgan fingerprint density at radius 3 is 1.83 bits per heavy atom. The summed E-state index contributed by atoms with van der Waals surface area (Å²) in [7, 11) is 0. The third-order valence-electron chi connectivity index (χ3n) is 4.87. The van der Waals surface area contributed by atoms with E-state index in [2.05, 4.69) is 58.8 Å². The number of aromatic amines is 2. The highest BCUT2D eigenvalue weighted by Crippen LogP contribution is 2.37. The van der Waals surface area contributed by atoms with Crippen molar-refractivity contribution in [1.29, 1.82) is 0 Å². The van der Waals surface area contributed by atoms with E-state index in [1.54, 1.807) is 0 Å². The average molecular weight is 320 g/mol. The zero-order valence-corrected chi connectivity index (χ0v) is 13.6. The first-order valence-electron chi connectivity index (χ1n) is 8.56. The average Bonchev–Trinajstić information content (AvgIpc) is 3.24. The molecule has 4 aromatic rings. The maximum atomic E-state index is 12.6.